The van der Waals surface area contributed by atoms with Crippen LogP contribution in [0.4, 0.5) is 15.5 Å². The zero-order chi connectivity index (χ0) is 25.4. The van der Waals surface area contributed by atoms with E-state index >= 15 is 0 Å². The van der Waals surface area contributed by atoms with E-state index in [1.807, 2.05) is 13.8 Å². The Balaban J connectivity index is 1.98. The summed E-state index contributed by atoms with van der Waals surface area (Å²) in [5.74, 6) is -0.858. The van der Waals surface area contributed by atoms with Crippen molar-refractivity contribution >= 4 is 42.3 Å². The first-order valence-corrected chi connectivity index (χ1v) is 16.2. The molecule has 14 heteroatoms. The van der Waals surface area contributed by atoms with Crippen LogP contribution in [0.15, 0.2) is 35.2 Å². The van der Waals surface area contributed by atoms with Crippen LogP contribution in [0.2, 0.25) is 0 Å². The van der Waals surface area contributed by atoms with Gasteiger partial charge in [-0.15, -0.1) is 25.7 Å². The molecule has 0 radical (unpaired) electrons. The maximum atomic E-state index is 14.4. The average Bonchev–Trinajstić information content (AvgIpc) is 3.11. The van der Waals surface area contributed by atoms with Gasteiger partial charge in [0, 0.05) is 37.0 Å². The Morgan fingerprint density at radius 3 is 2.44 bits per heavy atom. The molecule has 0 amide bonds. The van der Waals surface area contributed by atoms with E-state index in [1.54, 1.807) is 12.1 Å². The lowest BCUT2D eigenvalue weighted by atomic mass is 10.1. The van der Waals surface area contributed by atoms with Gasteiger partial charge < -0.3 is 9.47 Å². The molecule has 0 fully saturated rings. The van der Waals surface area contributed by atoms with Gasteiger partial charge in [-0.2, -0.15) is 4.52 Å². The summed E-state index contributed by atoms with van der Waals surface area (Å²) in [6.07, 6.45) is 1.47. The largest absolute Gasteiger partial charge is 0.497 e. The summed E-state index contributed by atoms with van der Waals surface area (Å²) in [5, 5.41) is 16.6. The van der Waals surface area contributed by atoms with Crippen LogP contribution in [0.25, 0.3) is 5.65 Å². The fraction of sp³-hybridized carbons (Fsp3) is 0.350. The second kappa shape index (κ2) is 8.62. The Labute approximate surface area is 201 Å². The lowest BCUT2D eigenvalue weighted by Crippen LogP contribution is -2.26. The van der Waals surface area contributed by atoms with Gasteiger partial charge in [-0.3, -0.25) is 10.2 Å². The average molecular weight is 617 g/mol. The van der Waals surface area contributed by atoms with Crippen LogP contribution in [-0.2, 0) is 6.54 Å². The third-order valence-corrected chi connectivity index (χ3v) is 11.9. The number of rotatable bonds is 10. The molecular formula is C20H24F4IN5O3S. The smallest absolute Gasteiger partial charge is 0.242 e. The number of carbonyl (C=O) groups excluding carboxylic acids is 1. The van der Waals surface area contributed by atoms with Crippen molar-refractivity contribution in [2.24, 2.45) is 0 Å². The van der Waals surface area contributed by atoms with Crippen molar-refractivity contribution in [1.29, 1.82) is 5.41 Å². The highest BCUT2D eigenvalue weighted by Gasteiger charge is 2.63. The van der Waals surface area contributed by atoms with Crippen LogP contribution < -0.4 is 15.1 Å². The van der Waals surface area contributed by atoms with Crippen molar-refractivity contribution < 1.29 is 29.8 Å². The molecule has 0 aliphatic rings. The van der Waals surface area contributed by atoms with Gasteiger partial charge in [0.1, 0.15) is 12.3 Å². The molecule has 2 heterocycles. The SMILES string of the molecule is C=IS(F)(F)(F)(F)c1cc(OC)cc(C(=O)Cn2nc3ccc(OC(CC)CC)nn3c2=N)c1. The summed E-state index contributed by atoms with van der Waals surface area (Å²) in [6, 6.07) is 5.21. The van der Waals surface area contributed by atoms with Gasteiger partial charge >= 0.3 is 0 Å². The van der Waals surface area contributed by atoms with Crippen LogP contribution >= 0.6 is 26.4 Å². The summed E-state index contributed by atoms with van der Waals surface area (Å²) in [5.41, 5.74) is -0.463. The quantitative estimate of drug-likeness (QED) is 0.183. The van der Waals surface area contributed by atoms with Crippen LogP contribution in [-0.4, -0.2) is 42.9 Å². The molecule has 1 N–H and O–H groups in total. The van der Waals surface area contributed by atoms with Crippen LogP contribution in [0.5, 0.6) is 11.6 Å². The number of nitrogens with zero attached hydrogens (tertiary/aromatic N) is 4. The highest BCUT2D eigenvalue weighted by atomic mass is 127. The van der Waals surface area contributed by atoms with E-state index in [0.29, 0.717) is 12.1 Å². The van der Waals surface area contributed by atoms with E-state index in [4.69, 9.17) is 14.9 Å². The molecule has 0 atom stereocenters. The second-order valence-electron chi connectivity index (χ2n) is 7.38. The molecule has 2 aromatic heterocycles. The number of ether oxygens (including phenoxy) is 2. The molecule has 0 bridgehead atoms. The first-order valence-electron chi connectivity index (χ1n) is 10.1. The lowest BCUT2D eigenvalue weighted by molar-refractivity contribution is 0.0965. The molecule has 0 aliphatic carbocycles. The minimum Gasteiger partial charge on any atom is -0.497 e. The Morgan fingerprint density at radius 2 is 1.85 bits per heavy atom. The maximum Gasteiger partial charge on any atom is 0.242 e. The third-order valence-electron chi connectivity index (χ3n) is 5.05. The van der Waals surface area contributed by atoms with Crippen molar-refractivity contribution in [2.45, 2.75) is 44.2 Å². The highest BCUT2D eigenvalue weighted by Crippen LogP contribution is 3.08. The van der Waals surface area contributed by atoms with Gasteiger partial charge in [0.2, 0.25) is 18.5 Å². The monoisotopic (exact) mass is 617 g/mol. The van der Waals surface area contributed by atoms with Crippen molar-refractivity contribution in [3.05, 3.63) is 41.5 Å². The maximum absolute atomic E-state index is 14.4. The Morgan fingerprint density at radius 1 is 1.18 bits per heavy atom. The number of Topliss-reactive ketones (excluding diaryl/α,β-unsaturated/α-hetero) is 1. The van der Waals surface area contributed by atoms with Gasteiger partial charge in [-0.05, 0) is 31.0 Å². The van der Waals surface area contributed by atoms with Gasteiger partial charge in [-0.1, -0.05) is 18.4 Å². The van der Waals surface area contributed by atoms with Crippen molar-refractivity contribution in [3.63, 3.8) is 0 Å². The molecule has 0 spiro atoms. The number of carbonyl (C=O) groups is 1. The van der Waals surface area contributed by atoms with Gasteiger partial charge in [0.05, 0.1) is 18.1 Å². The summed E-state index contributed by atoms with van der Waals surface area (Å²) in [7, 11) is -7.47. The van der Waals surface area contributed by atoms with E-state index in [9.17, 15) is 20.3 Å². The summed E-state index contributed by atoms with van der Waals surface area (Å²) >= 11 is -3.05. The number of halogens is 5. The van der Waals surface area contributed by atoms with Crippen molar-refractivity contribution in [2.75, 3.05) is 7.11 Å². The molecule has 1 aromatic carbocycles. The fourth-order valence-corrected chi connectivity index (χ4v) is 5.73. The van der Waals surface area contributed by atoms with E-state index in [2.05, 4.69) is 14.7 Å². The predicted octanol–water partition coefficient (Wildman–Crippen LogP) is 5.56. The minimum absolute atomic E-state index is 0.0573. The number of methoxy groups -OCH3 is 1. The molecule has 0 unspecified atom stereocenters. The normalized spacial score (nSPS) is 14.1. The molecule has 34 heavy (non-hydrogen) atoms. The minimum atomic E-state index is -8.58. The summed E-state index contributed by atoms with van der Waals surface area (Å²) in [4.78, 5) is 11.3. The number of ketones is 1. The Kier molecular flexibility index (Phi) is 6.62. The zero-order valence-electron chi connectivity index (χ0n) is 18.6. The number of nitrogens with one attached hydrogen (secondary N) is 1. The van der Waals surface area contributed by atoms with Gasteiger partial charge in [-0.25, -0.2) is 4.68 Å². The first kappa shape index (κ1) is 26.1. The van der Waals surface area contributed by atoms with Crippen molar-refractivity contribution in [3.8, 4) is 11.6 Å². The first-order chi connectivity index (χ1) is 15.7. The molecular weight excluding hydrogens is 593 g/mol. The molecule has 0 aliphatic heterocycles. The molecule has 3 rings (SSSR count). The summed E-state index contributed by atoms with van der Waals surface area (Å²) in [6.45, 7) is 3.37. The molecule has 0 saturated carbocycles. The number of hydrogen-bond acceptors (Lipinski definition) is 6. The topological polar surface area (TPSA) is 94.5 Å². The molecule has 0 saturated heterocycles. The molecule has 188 valence electrons. The number of hydrogen-bond donors (Lipinski definition) is 1. The van der Waals surface area contributed by atoms with E-state index in [0.717, 1.165) is 35.2 Å². The van der Waals surface area contributed by atoms with Crippen LogP contribution in [0.1, 0.15) is 37.0 Å². The standard InChI is InChI=1S/C20H24F4IN5O3S/c1-5-14(6-2)33-19-8-7-18-27-29(20(26)30(18)28-19)12-17(31)13-9-15(32-4)11-16(10-13)34(21,22,23,24)25-3/h7-11,14,26H,3,5-6,12H2,1-2,4H3. The molecule has 8 nitrogen and oxygen atoms in total. The second-order valence-corrected chi connectivity index (χ2v) is 17.2. The van der Waals surface area contributed by atoms with Crippen LogP contribution in [0.3, 0.4) is 0 Å². The molecule has 3 aromatic rings. The number of fused-ring (bicyclic) bond motifs is 1. The predicted molar refractivity (Wildman–Crippen MR) is 131 cm³/mol. The van der Waals surface area contributed by atoms with Crippen LogP contribution in [0, 0.1) is 5.41 Å². The Hall–Kier alpha value is -2.49. The number of benzene rings is 1. The van der Waals surface area contributed by atoms with Gasteiger partial charge in [0.15, 0.2) is 11.4 Å². The van der Waals surface area contributed by atoms with Gasteiger partial charge in [0.25, 0.3) is 0 Å². The third kappa shape index (κ3) is 5.26. The zero-order valence-corrected chi connectivity index (χ0v) is 21.6. The highest BCUT2D eigenvalue weighted by molar-refractivity contribution is 14.2. The van der Waals surface area contributed by atoms with Crippen molar-refractivity contribution in [1.82, 2.24) is 19.4 Å². The van der Waals surface area contributed by atoms with E-state index in [-0.39, 0.29) is 29.0 Å². The lowest BCUT2D eigenvalue weighted by Gasteiger charge is -2.46. The number of aromatic nitrogens is 4. The Bertz CT molecular complexity index is 1330. The summed E-state index contributed by atoms with van der Waals surface area (Å²) < 4.78 is 73.0. The van der Waals surface area contributed by atoms with E-state index in [1.165, 1.54) is 0 Å². The fourth-order valence-electron chi connectivity index (χ4n) is 3.07. The van der Waals surface area contributed by atoms with E-state index < -0.39 is 49.1 Å².